The summed E-state index contributed by atoms with van der Waals surface area (Å²) >= 11 is 0. The maximum absolute atomic E-state index is 12.0. The first-order valence-electron chi connectivity index (χ1n) is 6.50. The van der Waals surface area contributed by atoms with Crippen molar-refractivity contribution in [3.8, 4) is 22.6 Å². The monoisotopic (exact) mass is 289 g/mol. The highest BCUT2D eigenvalue weighted by Gasteiger charge is 2.20. The predicted molar refractivity (Wildman–Crippen MR) is 80.0 cm³/mol. The molecule has 112 valence electrons. The number of aromatic nitrogens is 1. The fourth-order valence-corrected chi connectivity index (χ4v) is 2.31. The van der Waals surface area contributed by atoms with Crippen molar-refractivity contribution in [3.63, 3.8) is 0 Å². The molecule has 0 aliphatic rings. The number of carbonyl (C=O) groups is 1. The number of hydrogen-bond donors (Lipinski definition) is 0. The molecule has 0 saturated heterocycles. The zero-order valence-electron chi connectivity index (χ0n) is 12.9. The standard InChI is InChI=1S/C16H19NO4/c1-10-15(16(18)21-5)12(9-17(10)2)11-6-7-13(19-3)14(8-11)20-4/h6-9H,1-5H3. The zero-order valence-corrected chi connectivity index (χ0v) is 12.9. The number of rotatable bonds is 4. The number of methoxy groups -OCH3 is 3. The summed E-state index contributed by atoms with van der Waals surface area (Å²) < 4.78 is 17.3. The van der Waals surface area contributed by atoms with Crippen LogP contribution in [0, 0.1) is 6.92 Å². The Morgan fingerprint density at radius 2 is 1.76 bits per heavy atom. The molecular formula is C16H19NO4. The van der Waals surface area contributed by atoms with Gasteiger partial charge in [0, 0.05) is 24.5 Å². The van der Waals surface area contributed by atoms with Crippen molar-refractivity contribution in [1.29, 1.82) is 0 Å². The first-order chi connectivity index (χ1) is 10.0. The summed E-state index contributed by atoms with van der Waals surface area (Å²) in [5, 5.41) is 0. The van der Waals surface area contributed by atoms with E-state index in [-0.39, 0.29) is 5.97 Å². The van der Waals surface area contributed by atoms with E-state index in [1.54, 1.807) is 14.2 Å². The highest BCUT2D eigenvalue weighted by Crippen LogP contribution is 2.35. The molecule has 2 rings (SSSR count). The summed E-state index contributed by atoms with van der Waals surface area (Å²) in [6.07, 6.45) is 1.91. The lowest BCUT2D eigenvalue weighted by Crippen LogP contribution is -2.04. The summed E-state index contributed by atoms with van der Waals surface area (Å²) in [7, 11) is 6.45. The van der Waals surface area contributed by atoms with E-state index in [1.165, 1.54) is 7.11 Å². The molecule has 0 amide bonds. The highest BCUT2D eigenvalue weighted by atomic mass is 16.5. The quantitative estimate of drug-likeness (QED) is 0.812. The van der Waals surface area contributed by atoms with Crippen molar-refractivity contribution in [2.75, 3.05) is 21.3 Å². The van der Waals surface area contributed by atoms with Crippen LogP contribution in [0.1, 0.15) is 16.1 Å². The van der Waals surface area contributed by atoms with Crippen LogP contribution in [0.2, 0.25) is 0 Å². The second-order valence-corrected chi connectivity index (χ2v) is 4.68. The number of aryl methyl sites for hydroxylation is 1. The van der Waals surface area contributed by atoms with Crippen molar-refractivity contribution < 1.29 is 19.0 Å². The largest absolute Gasteiger partial charge is 0.493 e. The van der Waals surface area contributed by atoms with E-state index in [1.807, 2.05) is 42.9 Å². The van der Waals surface area contributed by atoms with Gasteiger partial charge < -0.3 is 18.8 Å². The first-order valence-corrected chi connectivity index (χ1v) is 6.50. The van der Waals surface area contributed by atoms with Crippen molar-refractivity contribution in [2.24, 2.45) is 7.05 Å². The van der Waals surface area contributed by atoms with E-state index in [0.29, 0.717) is 17.1 Å². The molecule has 0 radical (unpaired) electrons. The van der Waals surface area contributed by atoms with Crippen LogP contribution in [0.4, 0.5) is 0 Å². The highest BCUT2D eigenvalue weighted by molar-refractivity contribution is 5.98. The van der Waals surface area contributed by atoms with Gasteiger partial charge in [0.1, 0.15) is 0 Å². The Bertz CT molecular complexity index is 673. The van der Waals surface area contributed by atoms with Gasteiger partial charge in [-0.15, -0.1) is 0 Å². The second kappa shape index (κ2) is 5.91. The number of carbonyl (C=O) groups excluding carboxylic acids is 1. The number of esters is 1. The van der Waals surface area contributed by atoms with Gasteiger partial charge in [-0.05, 0) is 24.6 Å². The fourth-order valence-electron chi connectivity index (χ4n) is 2.31. The SMILES string of the molecule is COC(=O)c1c(-c2ccc(OC)c(OC)c2)cn(C)c1C. The number of benzene rings is 1. The molecule has 5 heteroatoms. The van der Waals surface area contributed by atoms with E-state index in [2.05, 4.69) is 0 Å². The molecule has 1 aromatic heterocycles. The lowest BCUT2D eigenvalue weighted by Gasteiger charge is -2.10. The van der Waals surface area contributed by atoms with Crippen LogP contribution >= 0.6 is 0 Å². The van der Waals surface area contributed by atoms with Crippen LogP contribution in [0.15, 0.2) is 24.4 Å². The fraction of sp³-hybridized carbons (Fsp3) is 0.312. The third-order valence-corrected chi connectivity index (χ3v) is 3.57. The van der Waals surface area contributed by atoms with E-state index in [9.17, 15) is 4.79 Å². The molecule has 0 N–H and O–H groups in total. The topological polar surface area (TPSA) is 49.7 Å². The predicted octanol–water partition coefficient (Wildman–Crippen LogP) is 2.80. The zero-order chi connectivity index (χ0) is 15.6. The van der Waals surface area contributed by atoms with Gasteiger partial charge in [-0.3, -0.25) is 0 Å². The summed E-state index contributed by atoms with van der Waals surface area (Å²) in [5.74, 6) is 0.915. The van der Waals surface area contributed by atoms with Gasteiger partial charge in [0.05, 0.1) is 26.9 Å². The Balaban J connectivity index is 2.62. The third-order valence-electron chi connectivity index (χ3n) is 3.57. The van der Waals surface area contributed by atoms with Crippen LogP contribution in [0.3, 0.4) is 0 Å². The molecule has 0 unspecified atom stereocenters. The molecule has 0 atom stereocenters. The Kier molecular flexibility index (Phi) is 4.21. The minimum absolute atomic E-state index is 0.349. The van der Waals surface area contributed by atoms with E-state index >= 15 is 0 Å². The lowest BCUT2D eigenvalue weighted by atomic mass is 10.0. The Morgan fingerprint density at radius 1 is 1.10 bits per heavy atom. The maximum atomic E-state index is 12.0. The minimum atomic E-state index is -0.349. The molecular weight excluding hydrogens is 270 g/mol. The molecule has 5 nitrogen and oxygen atoms in total. The molecule has 0 fully saturated rings. The van der Waals surface area contributed by atoms with Gasteiger partial charge in [-0.25, -0.2) is 4.79 Å². The molecule has 2 aromatic rings. The number of hydrogen-bond acceptors (Lipinski definition) is 4. The van der Waals surface area contributed by atoms with Gasteiger partial charge in [0.15, 0.2) is 11.5 Å². The molecule has 0 aliphatic carbocycles. The van der Waals surface area contributed by atoms with Gasteiger partial charge in [0.25, 0.3) is 0 Å². The van der Waals surface area contributed by atoms with Crippen LogP contribution < -0.4 is 9.47 Å². The van der Waals surface area contributed by atoms with Gasteiger partial charge >= 0.3 is 5.97 Å². The van der Waals surface area contributed by atoms with Crippen molar-refractivity contribution in [1.82, 2.24) is 4.57 Å². The lowest BCUT2D eigenvalue weighted by molar-refractivity contribution is 0.0600. The molecule has 21 heavy (non-hydrogen) atoms. The van der Waals surface area contributed by atoms with Crippen LogP contribution in [-0.4, -0.2) is 31.9 Å². The molecule has 0 saturated carbocycles. The van der Waals surface area contributed by atoms with Gasteiger partial charge in [0.2, 0.25) is 0 Å². The van der Waals surface area contributed by atoms with Crippen LogP contribution in [-0.2, 0) is 11.8 Å². The Morgan fingerprint density at radius 3 is 2.33 bits per heavy atom. The first kappa shape index (κ1) is 15.0. The molecule has 0 aliphatic heterocycles. The molecule has 1 heterocycles. The number of ether oxygens (including phenoxy) is 3. The summed E-state index contributed by atoms with van der Waals surface area (Å²) in [4.78, 5) is 12.0. The van der Waals surface area contributed by atoms with Crippen molar-refractivity contribution in [3.05, 3.63) is 35.7 Å². The smallest absolute Gasteiger partial charge is 0.340 e. The van der Waals surface area contributed by atoms with Crippen LogP contribution in [0.5, 0.6) is 11.5 Å². The average Bonchev–Trinajstić information content (AvgIpc) is 2.81. The Hall–Kier alpha value is -2.43. The molecule has 0 bridgehead atoms. The average molecular weight is 289 g/mol. The maximum Gasteiger partial charge on any atom is 0.340 e. The van der Waals surface area contributed by atoms with Crippen molar-refractivity contribution in [2.45, 2.75) is 6.92 Å². The normalized spacial score (nSPS) is 10.3. The van der Waals surface area contributed by atoms with Gasteiger partial charge in [-0.2, -0.15) is 0 Å². The summed E-state index contributed by atoms with van der Waals surface area (Å²) in [6.45, 7) is 1.89. The van der Waals surface area contributed by atoms with Crippen LogP contribution in [0.25, 0.3) is 11.1 Å². The van der Waals surface area contributed by atoms with E-state index in [0.717, 1.165) is 16.8 Å². The minimum Gasteiger partial charge on any atom is -0.493 e. The third kappa shape index (κ3) is 2.59. The second-order valence-electron chi connectivity index (χ2n) is 4.68. The van der Waals surface area contributed by atoms with Crippen molar-refractivity contribution >= 4 is 5.97 Å². The van der Waals surface area contributed by atoms with E-state index in [4.69, 9.17) is 14.2 Å². The molecule has 0 spiro atoms. The van der Waals surface area contributed by atoms with E-state index < -0.39 is 0 Å². The molecule has 1 aromatic carbocycles. The Labute approximate surface area is 124 Å². The number of nitrogens with zero attached hydrogens (tertiary/aromatic N) is 1. The summed E-state index contributed by atoms with van der Waals surface area (Å²) in [6, 6.07) is 5.56. The van der Waals surface area contributed by atoms with Gasteiger partial charge in [-0.1, -0.05) is 6.07 Å². The summed E-state index contributed by atoms with van der Waals surface area (Å²) in [5.41, 5.74) is 3.10.